The second-order valence-electron chi connectivity index (χ2n) is 6.44. The van der Waals surface area contributed by atoms with Crippen molar-refractivity contribution in [3.63, 3.8) is 0 Å². The second-order valence-corrected chi connectivity index (χ2v) is 6.44. The summed E-state index contributed by atoms with van der Waals surface area (Å²) in [7, 11) is 2.27. The molecule has 1 aliphatic rings. The van der Waals surface area contributed by atoms with Crippen LogP contribution in [-0.4, -0.2) is 30.6 Å². The van der Waals surface area contributed by atoms with E-state index < -0.39 is 0 Å². The van der Waals surface area contributed by atoms with Gasteiger partial charge < -0.3 is 5.73 Å². The third-order valence-corrected chi connectivity index (χ3v) is 5.38. The van der Waals surface area contributed by atoms with E-state index in [4.69, 9.17) is 5.73 Å². The maximum absolute atomic E-state index is 6.15. The molecule has 0 aromatic heterocycles. The zero-order chi connectivity index (χ0) is 14.4. The SMILES string of the molecule is CCC1CCC(CN)(N(C)CCc2ccccc2)CC1. The van der Waals surface area contributed by atoms with E-state index in [2.05, 4.69) is 49.2 Å². The molecular weight excluding hydrogens is 244 g/mol. The molecule has 0 aliphatic heterocycles. The average Bonchev–Trinajstić information content (AvgIpc) is 2.53. The first-order valence-electron chi connectivity index (χ1n) is 8.15. The zero-order valence-corrected chi connectivity index (χ0v) is 13.1. The average molecular weight is 274 g/mol. The van der Waals surface area contributed by atoms with Crippen molar-refractivity contribution in [2.45, 2.75) is 51.0 Å². The number of nitrogens with two attached hydrogens (primary N) is 1. The summed E-state index contributed by atoms with van der Waals surface area (Å²) in [5.41, 5.74) is 7.83. The van der Waals surface area contributed by atoms with Crippen LogP contribution < -0.4 is 5.73 Å². The Morgan fingerprint density at radius 2 is 1.85 bits per heavy atom. The maximum atomic E-state index is 6.15. The predicted molar refractivity (Wildman–Crippen MR) is 86.8 cm³/mol. The van der Waals surface area contributed by atoms with Gasteiger partial charge >= 0.3 is 0 Å². The van der Waals surface area contributed by atoms with Crippen molar-refractivity contribution < 1.29 is 0 Å². The number of rotatable bonds is 6. The minimum Gasteiger partial charge on any atom is -0.329 e. The zero-order valence-electron chi connectivity index (χ0n) is 13.1. The molecular formula is C18H30N2. The van der Waals surface area contributed by atoms with Crippen LogP contribution in [0.4, 0.5) is 0 Å². The summed E-state index contributed by atoms with van der Waals surface area (Å²) in [6.07, 6.45) is 7.69. The molecule has 2 N–H and O–H groups in total. The van der Waals surface area contributed by atoms with E-state index in [1.165, 1.54) is 37.7 Å². The van der Waals surface area contributed by atoms with Gasteiger partial charge in [0.2, 0.25) is 0 Å². The summed E-state index contributed by atoms with van der Waals surface area (Å²) in [5, 5.41) is 0. The molecule has 0 atom stereocenters. The van der Waals surface area contributed by atoms with Gasteiger partial charge in [-0.15, -0.1) is 0 Å². The lowest BCUT2D eigenvalue weighted by molar-refractivity contribution is 0.0650. The van der Waals surface area contributed by atoms with Gasteiger partial charge in [0.25, 0.3) is 0 Å². The van der Waals surface area contributed by atoms with Gasteiger partial charge in [0, 0.05) is 18.6 Å². The molecule has 1 aromatic rings. The van der Waals surface area contributed by atoms with Crippen LogP contribution in [0.5, 0.6) is 0 Å². The monoisotopic (exact) mass is 274 g/mol. The Balaban J connectivity index is 1.90. The minimum atomic E-state index is 0.250. The van der Waals surface area contributed by atoms with Crippen LogP contribution in [-0.2, 0) is 6.42 Å². The molecule has 0 saturated heterocycles. The lowest BCUT2D eigenvalue weighted by Crippen LogP contribution is -2.54. The molecule has 0 spiro atoms. The molecule has 0 amide bonds. The van der Waals surface area contributed by atoms with Crippen molar-refractivity contribution in [3.8, 4) is 0 Å². The Morgan fingerprint density at radius 1 is 1.20 bits per heavy atom. The number of hydrogen-bond acceptors (Lipinski definition) is 2. The van der Waals surface area contributed by atoms with Crippen LogP contribution >= 0.6 is 0 Å². The molecule has 2 rings (SSSR count). The quantitative estimate of drug-likeness (QED) is 0.861. The molecule has 112 valence electrons. The van der Waals surface area contributed by atoms with Crippen LogP contribution in [0, 0.1) is 5.92 Å². The number of likely N-dealkylation sites (N-methyl/N-ethyl adjacent to an activating group) is 1. The summed E-state index contributed by atoms with van der Waals surface area (Å²) >= 11 is 0. The van der Waals surface area contributed by atoms with Crippen molar-refractivity contribution >= 4 is 0 Å². The molecule has 0 radical (unpaired) electrons. The molecule has 2 heteroatoms. The Labute approximate surface area is 124 Å². The lowest BCUT2D eigenvalue weighted by atomic mass is 9.74. The fourth-order valence-corrected chi connectivity index (χ4v) is 3.54. The van der Waals surface area contributed by atoms with Crippen molar-refractivity contribution in [2.75, 3.05) is 20.1 Å². The lowest BCUT2D eigenvalue weighted by Gasteiger charge is -2.46. The second kappa shape index (κ2) is 7.24. The molecule has 1 aromatic carbocycles. The topological polar surface area (TPSA) is 29.3 Å². The van der Waals surface area contributed by atoms with Crippen LogP contribution in [0.3, 0.4) is 0 Å². The van der Waals surface area contributed by atoms with E-state index in [0.29, 0.717) is 0 Å². The van der Waals surface area contributed by atoms with Crippen molar-refractivity contribution in [1.82, 2.24) is 4.90 Å². The number of benzene rings is 1. The third kappa shape index (κ3) is 3.62. The molecule has 0 unspecified atom stereocenters. The highest BCUT2D eigenvalue weighted by Gasteiger charge is 2.36. The smallest absolute Gasteiger partial charge is 0.0329 e. The molecule has 1 saturated carbocycles. The molecule has 1 fully saturated rings. The van der Waals surface area contributed by atoms with Crippen LogP contribution in [0.1, 0.15) is 44.6 Å². The van der Waals surface area contributed by atoms with Crippen molar-refractivity contribution in [1.29, 1.82) is 0 Å². The van der Waals surface area contributed by atoms with Crippen LogP contribution in [0.25, 0.3) is 0 Å². The Bertz CT molecular complexity index is 380. The first kappa shape index (κ1) is 15.5. The molecule has 0 bridgehead atoms. The Kier molecular flexibility index (Phi) is 5.62. The molecule has 2 nitrogen and oxygen atoms in total. The summed E-state index contributed by atoms with van der Waals surface area (Å²) in [6, 6.07) is 10.8. The Morgan fingerprint density at radius 3 is 2.40 bits per heavy atom. The van der Waals surface area contributed by atoms with E-state index in [1.807, 2.05) is 0 Å². The molecule has 20 heavy (non-hydrogen) atoms. The van der Waals surface area contributed by atoms with Gasteiger partial charge in [-0.1, -0.05) is 43.7 Å². The van der Waals surface area contributed by atoms with Gasteiger partial charge in [-0.05, 0) is 50.6 Å². The van der Waals surface area contributed by atoms with Gasteiger partial charge in [-0.25, -0.2) is 0 Å². The van der Waals surface area contributed by atoms with Gasteiger partial charge in [0.1, 0.15) is 0 Å². The van der Waals surface area contributed by atoms with Crippen molar-refractivity contribution in [2.24, 2.45) is 11.7 Å². The van der Waals surface area contributed by atoms with E-state index in [1.54, 1.807) is 0 Å². The van der Waals surface area contributed by atoms with Crippen LogP contribution in [0.2, 0.25) is 0 Å². The Hall–Kier alpha value is -0.860. The fraction of sp³-hybridized carbons (Fsp3) is 0.667. The summed E-state index contributed by atoms with van der Waals surface area (Å²) in [4.78, 5) is 2.53. The van der Waals surface area contributed by atoms with Crippen molar-refractivity contribution in [3.05, 3.63) is 35.9 Å². The maximum Gasteiger partial charge on any atom is 0.0329 e. The highest BCUT2D eigenvalue weighted by Crippen LogP contribution is 2.36. The fourth-order valence-electron chi connectivity index (χ4n) is 3.54. The van der Waals surface area contributed by atoms with Crippen LogP contribution in [0.15, 0.2) is 30.3 Å². The van der Waals surface area contributed by atoms with E-state index in [0.717, 1.165) is 25.4 Å². The molecule has 0 heterocycles. The first-order valence-corrected chi connectivity index (χ1v) is 8.15. The van der Waals surface area contributed by atoms with E-state index in [9.17, 15) is 0 Å². The first-order chi connectivity index (χ1) is 9.70. The van der Waals surface area contributed by atoms with Gasteiger partial charge in [0.05, 0.1) is 0 Å². The summed E-state index contributed by atoms with van der Waals surface area (Å²) in [6.45, 7) is 4.23. The summed E-state index contributed by atoms with van der Waals surface area (Å²) < 4.78 is 0. The van der Waals surface area contributed by atoms with E-state index in [-0.39, 0.29) is 5.54 Å². The highest BCUT2D eigenvalue weighted by atomic mass is 15.2. The highest BCUT2D eigenvalue weighted by molar-refractivity contribution is 5.15. The molecule has 1 aliphatic carbocycles. The predicted octanol–water partition coefficient (Wildman–Crippen LogP) is 3.46. The number of nitrogens with zero attached hydrogens (tertiary/aromatic N) is 1. The summed E-state index contributed by atoms with van der Waals surface area (Å²) in [5.74, 6) is 0.928. The van der Waals surface area contributed by atoms with Gasteiger partial charge in [0.15, 0.2) is 0 Å². The largest absolute Gasteiger partial charge is 0.329 e. The third-order valence-electron chi connectivity index (χ3n) is 5.38. The van der Waals surface area contributed by atoms with Gasteiger partial charge in [-0.3, -0.25) is 4.90 Å². The normalized spacial score (nSPS) is 26.9. The number of hydrogen-bond donors (Lipinski definition) is 1. The minimum absolute atomic E-state index is 0.250. The van der Waals surface area contributed by atoms with E-state index >= 15 is 0 Å². The standard InChI is InChI=1S/C18H30N2/c1-3-16-9-12-18(15-19,13-10-16)20(2)14-11-17-7-5-4-6-8-17/h4-8,16H,3,9-15,19H2,1-2H3. The van der Waals surface area contributed by atoms with Gasteiger partial charge in [-0.2, -0.15) is 0 Å².